The van der Waals surface area contributed by atoms with Gasteiger partial charge in [0.2, 0.25) is 5.56 Å². The van der Waals surface area contributed by atoms with E-state index in [0.717, 1.165) is 70.0 Å². The molecule has 1 saturated carbocycles. The number of carboxylic acid groups (broad SMARTS) is 1. The van der Waals surface area contributed by atoms with Crippen molar-refractivity contribution in [2.24, 2.45) is 0 Å². The Morgan fingerprint density at radius 2 is 1.64 bits per heavy atom. The minimum absolute atomic E-state index is 0.0240. The largest absolute Gasteiger partial charge is 0.506 e. The predicted molar refractivity (Wildman–Crippen MR) is 269 cm³/mol. The average Bonchev–Trinajstić information content (AvgIpc) is 3.67. The van der Waals surface area contributed by atoms with E-state index >= 15 is 0 Å². The third kappa shape index (κ3) is 12.1. The summed E-state index contributed by atoms with van der Waals surface area (Å²) < 4.78 is 14.7. The van der Waals surface area contributed by atoms with Crippen LogP contribution in [0, 0.1) is 0 Å². The van der Waals surface area contributed by atoms with E-state index in [1.807, 2.05) is 63.5 Å². The number of unbranched alkanes of at least 4 members (excludes halogenated alkanes) is 1. The van der Waals surface area contributed by atoms with Gasteiger partial charge in [-0.3, -0.25) is 9.69 Å². The second-order valence-corrected chi connectivity index (χ2v) is 25.3. The number of fused-ring (bicyclic) bond motifs is 2. The van der Waals surface area contributed by atoms with E-state index in [1.54, 1.807) is 17.0 Å². The van der Waals surface area contributed by atoms with Gasteiger partial charge in [-0.05, 0) is 136 Å². The maximum atomic E-state index is 13.1. The van der Waals surface area contributed by atoms with Gasteiger partial charge >= 0.3 is 12.2 Å². The van der Waals surface area contributed by atoms with Crippen molar-refractivity contribution in [1.82, 2.24) is 25.2 Å². The Hall–Kier alpha value is -5.96. The zero-order chi connectivity index (χ0) is 48.1. The Kier molecular flexibility index (Phi) is 15.0. The van der Waals surface area contributed by atoms with Crippen LogP contribution in [0.1, 0.15) is 103 Å². The number of hydrogen-bond donors (Lipinski definition) is 5. The molecule has 2 amide bonds. The molecule has 4 aromatic carbocycles. The number of alkyl carbamates (subject to hydrolysis) is 1. The van der Waals surface area contributed by atoms with Gasteiger partial charge in [-0.15, -0.1) is 0 Å². The quantitative estimate of drug-likeness (QED) is 0.0468. The van der Waals surface area contributed by atoms with E-state index in [-0.39, 0.29) is 34.5 Å². The van der Waals surface area contributed by atoms with Gasteiger partial charge in [-0.1, -0.05) is 75.4 Å². The SMILES string of the molecule is CC(C)(C)OC(=O)N[C@H]1CC[C@H](N(C(=O)O)c2cc(CCCCn3cnc4cc(CNCC(O[Si](C)(C)C(C)(C)C)c5ccc(O)c6[nH]c(=O)ccc56)ccc43)ccc2-c2ccccc2)CC1. The number of amides is 2. The number of anilines is 1. The lowest BCUT2D eigenvalue weighted by Crippen LogP contribution is -2.47. The predicted octanol–water partition coefficient (Wildman–Crippen LogP) is 11.4. The number of pyridine rings is 1. The molecular weight excluding hydrogens is 861 g/mol. The maximum Gasteiger partial charge on any atom is 0.412 e. The molecule has 2 heterocycles. The first-order valence-corrected chi connectivity index (χ1v) is 26.5. The van der Waals surface area contributed by atoms with E-state index in [4.69, 9.17) is 14.1 Å². The molecule has 14 heteroatoms. The van der Waals surface area contributed by atoms with Crippen molar-refractivity contribution in [3.05, 3.63) is 124 Å². The van der Waals surface area contributed by atoms with Gasteiger partial charge in [0, 0.05) is 48.7 Å². The minimum atomic E-state index is -2.23. The number of phenolic OH excluding ortho intramolecular Hbond substituents is 1. The number of ether oxygens (including phenoxy) is 1. The van der Waals surface area contributed by atoms with Crippen molar-refractivity contribution in [3.63, 3.8) is 0 Å². The average molecular weight is 929 g/mol. The van der Waals surface area contributed by atoms with Crippen LogP contribution < -0.4 is 21.1 Å². The Bertz CT molecular complexity index is 2730. The number of aromatic hydroxyl groups is 1. The Labute approximate surface area is 395 Å². The summed E-state index contributed by atoms with van der Waals surface area (Å²) in [6, 6.07) is 29.0. The van der Waals surface area contributed by atoms with Crippen LogP contribution in [-0.4, -0.2) is 69.5 Å². The third-order valence-corrected chi connectivity index (χ3v) is 17.8. The molecule has 1 unspecified atom stereocenters. The smallest absolute Gasteiger partial charge is 0.412 e. The van der Waals surface area contributed by atoms with Crippen LogP contribution in [0.15, 0.2) is 102 Å². The first-order valence-electron chi connectivity index (χ1n) is 23.6. The second-order valence-electron chi connectivity index (χ2n) is 20.5. The normalized spacial score (nSPS) is 16.2. The van der Waals surface area contributed by atoms with Crippen LogP contribution in [0.4, 0.5) is 15.3 Å². The molecule has 7 rings (SSSR count). The number of H-pyrrole nitrogens is 1. The van der Waals surface area contributed by atoms with Gasteiger partial charge in [0.05, 0.1) is 34.7 Å². The van der Waals surface area contributed by atoms with Crippen molar-refractivity contribution >= 4 is 48.1 Å². The summed E-state index contributed by atoms with van der Waals surface area (Å²) in [5.41, 5.74) is 7.15. The van der Waals surface area contributed by atoms with Crippen molar-refractivity contribution in [1.29, 1.82) is 0 Å². The molecule has 13 nitrogen and oxygen atoms in total. The zero-order valence-electron chi connectivity index (χ0n) is 40.3. The van der Waals surface area contributed by atoms with Crippen molar-refractivity contribution in [3.8, 4) is 16.9 Å². The lowest BCUT2D eigenvalue weighted by Gasteiger charge is -2.39. The van der Waals surface area contributed by atoms with Gasteiger partial charge < -0.3 is 39.6 Å². The van der Waals surface area contributed by atoms with E-state index in [0.29, 0.717) is 50.0 Å². The number of aromatic nitrogens is 3. The molecule has 67 heavy (non-hydrogen) atoms. The first-order chi connectivity index (χ1) is 31.8. The molecule has 1 aliphatic rings. The molecule has 0 radical (unpaired) electrons. The van der Waals surface area contributed by atoms with Gasteiger partial charge in [-0.25, -0.2) is 14.6 Å². The van der Waals surface area contributed by atoms with Crippen LogP contribution in [0.3, 0.4) is 0 Å². The number of rotatable bonds is 16. The van der Waals surface area contributed by atoms with Crippen molar-refractivity contribution in [2.45, 2.75) is 141 Å². The van der Waals surface area contributed by atoms with E-state index in [9.17, 15) is 24.6 Å². The first kappa shape index (κ1) is 49.0. The molecule has 1 atom stereocenters. The molecule has 5 N–H and O–H groups in total. The number of benzene rings is 4. The van der Waals surface area contributed by atoms with Crippen molar-refractivity contribution < 1.29 is 29.0 Å². The number of hydrogen-bond acceptors (Lipinski definition) is 8. The topological polar surface area (TPSA) is 171 Å². The summed E-state index contributed by atoms with van der Waals surface area (Å²) in [5, 5.41) is 28.7. The van der Waals surface area contributed by atoms with Gasteiger partial charge in [0.1, 0.15) is 11.4 Å². The lowest BCUT2D eigenvalue weighted by atomic mass is 9.89. The summed E-state index contributed by atoms with van der Waals surface area (Å²) >= 11 is 0. The number of nitrogens with one attached hydrogen (secondary N) is 3. The van der Waals surface area contributed by atoms with E-state index < -0.39 is 26.1 Å². The molecular formula is C53H68N6O7Si. The Morgan fingerprint density at radius 3 is 2.34 bits per heavy atom. The highest BCUT2D eigenvalue weighted by Gasteiger charge is 2.40. The molecule has 0 spiro atoms. The molecule has 0 bridgehead atoms. The van der Waals surface area contributed by atoms with Gasteiger partial charge in [-0.2, -0.15) is 0 Å². The lowest BCUT2D eigenvalue weighted by molar-refractivity contribution is 0.0490. The zero-order valence-corrected chi connectivity index (χ0v) is 41.3. The third-order valence-electron chi connectivity index (χ3n) is 13.4. The fourth-order valence-corrected chi connectivity index (χ4v) is 10.1. The molecule has 0 aliphatic heterocycles. The fourth-order valence-electron chi connectivity index (χ4n) is 8.85. The highest BCUT2D eigenvalue weighted by Crippen LogP contribution is 2.42. The fraction of sp³-hybridized carbons (Fsp3) is 0.434. The number of carbonyl (C=O) groups excluding carboxylic acids is 1. The van der Waals surface area contributed by atoms with Crippen molar-refractivity contribution in [2.75, 3.05) is 11.4 Å². The molecule has 1 aliphatic carbocycles. The second kappa shape index (κ2) is 20.5. The number of aromatic amines is 1. The van der Waals surface area contributed by atoms with Crippen LogP contribution in [-0.2, 0) is 28.7 Å². The molecule has 1 fully saturated rings. The molecule has 0 saturated heterocycles. The number of carbonyl (C=O) groups is 2. The summed E-state index contributed by atoms with van der Waals surface area (Å²) in [4.78, 5) is 46.9. The number of imidazole rings is 1. The maximum absolute atomic E-state index is 13.1. The summed E-state index contributed by atoms with van der Waals surface area (Å²) in [6.07, 6.45) is 5.35. The summed E-state index contributed by atoms with van der Waals surface area (Å²) in [7, 11) is -2.23. The van der Waals surface area contributed by atoms with Crippen LogP contribution in [0.25, 0.3) is 33.1 Å². The summed E-state index contributed by atoms with van der Waals surface area (Å²) in [5.74, 6) is 0.0261. The number of nitrogens with zero attached hydrogens (tertiary/aromatic N) is 3. The number of aryl methyl sites for hydroxylation is 2. The minimum Gasteiger partial charge on any atom is -0.506 e. The monoisotopic (exact) mass is 928 g/mol. The number of phenols is 1. The van der Waals surface area contributed by atoms with E-state index in [2.05, 4.69) is 90.4 Å². The molecule has 6 aromatic rings. The molecule has 356 valence electrons. The van der Waals surface area contributed by atoms with Crippen LogP contribution in [0.2, 0.25) is 18.1 Å². The summed E-state index contributed by atoms with van der Waals surface area (Å²) in [6.45, 7) is 18.5. The van der Waals surface area contributed by atoms with E-state index in [1.165, 1.54) is 6.07 Å². The highest BCUT2D eigenvalue weighted by atomic mass is 28.4. The Morgan fingerprint density at radius 1 is 0.910 bits per heavy atom. The van der Waals surface area contributed by atoms with Crippen LogP contribution in [0.5, 0.6) is 5.75 Å². The Balaban J connectivity index is 0.988. The van der Waals surface area contributed by atoms with Gasteiger partial charge in [0.15, 0.2) is 8.32 Å². The molecule has 2 aromatic heterocycles. The van der Waals surface area contributed by atoms with Gasteiger partial charge in [0.25, 0.3) is 0 Å². The standard InChI is InChI=1S/C53H68N6O7Si/c1-52(2,3)65-50(62)56-38-19-21-39(22-20-38)59(51(63)64)45-31-35(17-23-40(45)37-15-10-9-11-16-37)14-12-13-29-58-34-55-43-30-36(18-26-44(43)58)32-54-33-47(66-67(7,8)53(4,5)6)41-24-27-46(60)49-42(41)25-28-48(61)57-49/h9-11,15-18,23-28,30-31,34,38-39,47,54,60H,12-14,19-22,29,32-33H2,1-8H3,(H,56,62)(H,57,61)(H,63,64)/t38-,39-,47?. The highest BCUT2D eigenvalue weighted by molar-refractivity contribution is 6.74. The van der Waals surface area contributed by atoms with Crippen LogP contribution >= 0.6 is 0 Å².